The van der Waals surface area contributed by atoms with Gasteiger partial charge in [-0.1, -0.05) is 13.8 Å². The minimum atomic E-state index is 0.354. The first-order chi connectivity index (χ1) is 8.08. The number of fused-ring (bicyclic) bond motifs is 1. The van der Waals surface area contributed by atoms with Crippen LogP contribution in [0, 0.1) is 0 Å². The van der Waals surface area contributed by atoms with Gasteiger partial charge in [-0.3, -0.25) is 0 Å². The molecule has 1 aliphatic rings. The van der Waals surface area contributed by atoms with E-state index >= 15 is 0 Å². The highest BCUT2D eigenvalue weighted by atomic mass is 16.6. The second-order valence-electron chi connectivity index (χ2n) is 4.88. The van der Waals surface area contributed by atoms with Crippen LogP contribution in [0.4, 0.5) is 5.69 Å². The zero-order valence-corrected chi connectivity index (χ0v) is 10.9. The summed E-state index contributed by atoms with van der Waals surface area (Å²) in [5, 5.41) is 3.38. The summed E-state index contributed by atoms with van der Waals surface area (Å²) in [6.07, 6.45) is 0. The largest absolute Gasteiger partial charge is 0.483 e. The first-order valence-corrected chi connectivity index (χ1v) is 6.15. The van der Waals surface area contributed by atoms with Crippen LogP contribution in [0.2, 0.25) is 0 Å². The fourth-order valence-electron chi connectivity index (χ4n) is 1.76. The molecule has 1 aliphatic heterocycles. The Hall–Kier alpha value is -1.45. The molecule has 0 unspecified atom stereocenters. The lowest BCUT2D eigenvalue weighted by Gasteiger charge is -2.23. The van der Waals surface area contributed by atoms with Crippen LogP contribution >= 0.6 is 0 Å². The van der Waals surface area contributed by atoms with Gasteiger partial charge in [-0.05, 0) is 25.8 Å². The monoisotopic (exact) mass is 236 g/mol. The molecule has 4 nitrogen and oxygen atoms in total. The van der Waals surface area contributed by atoms with Crippen LogP contribution < -0.4 is 14.8 Å². The average Bonchev–Trinajstić information content (AvgIpc) is 2.28. The van der Waals surface area contributed by atoms with E-state index in [1.165, 1.54) is 0 Å². The van der Waals surface area contributed by atoms with Gasteiger partial charge in [-0.15, -0.1) is 0 Å². The molecule has 0 amide bonds. The highest BCUT2D eigenvalue weighted by Gasteiger charge is 2.20. The predicted molar refractivity (Wildman–Crippen MR) is 68.1 cm³/mol. The van der Waals surface area contributed by atoms with E-state index in [9.17, 15) is 0 Å². The topological polar surface area (TPSA) is 43.4 Å². The van der Waals surface area contributed by atoms with Crippen molar-refractivity contribution in [3.8, 4) is 11.6 Å². The van der Waals surface area contributed by atoms with Gasteiger partial charge in [0.1, 0.15) is 13.2 Å². The zero-order valence-electron chi connectivity index (χ0n) is 10.9. The van der Waals surface area contributed by atoms with Crippen molar-refractivity contribution >= 4 is 5.69 Å². The number of anilines is 1. The van der Waals surface area contributed by atoms with Crippen LogP contribution in [-0.4, -0.2) is 24.2 Å². The van der Waals surface area contributed by atoms with E-state index in [4.69, 9.17) is 9.47 Å². The third kappa shape index (κ3) is 2.62. The van der Waals surface area contributed by atoms with Crippen LogP contribution in [0.25, 0.3) is 0 Å². The molecule has 17 heavy (non-hydrogen) atoms. The SMILES string of the molecule is CC(C)Nc1cc(C(C)C)nc2c1OCCO2. The summed E-state index contributed by atoms with van der Waals surface area (Å²) in [6.45, 7) is 9.61. The van der Waals surface area contributed by atoms with Gasteiger partial charge in [0, 0.05) is 11.7 Å². The van der Waals surface area contributed by atoms with Gasteiger partial charge < -0.3 is 14.8 Å². The quantitative estimate of drug-likeness (QED) is 0.876. The maximum absolute atomic E-state index is 5.64. The number of pyridine rings is 1. The smallest absolute Gasteiger partial charge is 0.259 e. The van der Waals surface area contributed by atoms with Gasteiger partial charge >= 0.3 is 0 Å². The van der Waals surface area contributed by atoms with Crippen molar-refractivity contribution in [1.82, 2.24) is 4.98 Å². The Balaban J connectivity index is 2.42. The molecule has 0 bridgehead atoms. The Morgan fingerprint density at radius 3 is 2.53 bits per heavy atom. The lowest BCUT2D eigenvalue weighted by molar-refractivity contribution is 0.164. The first-order valence-electron chi connectivity index (χ1n) is 6.15. The lowest BCUT2D eigenvalue weighted by atomic mass is 10.1. The molecule has 2 heterocycles. The molecule has 1 aromatic heterocycles. The third-order valence-corrected chi connectivity index (χ3v) is 2.57. The molecule has 0 fully saturated rings. The maximum atomic E-state index is 5.64. The minimum absolute atomic E-state index is 0.354. The summed E-state index contributed by atoms with van der Waals surface area (Å²) >= 11 is 0. The number of rotatable bonds is 3. The molecule has 1 N–H and O–H groups in total. The standard InChI is InChI=1S/C13H20N2O2/c1-8(2)10-7-11(14-9(3)4)12-13(15-10)17-6-5-16-12/h7-9H,5-6H2,1-4H3,(H,14,15). The number of hydrogen-bond donors (Lipinski definition) is 1. The normalized spacial score (nSPS) is 14.2. The summed E-state index contributed by atoms with van der Waals surface area (Å²) in [4.78, 5) is 4.49. The van der Waals surface area contributed by atoms with E-state index in [2.05, 4.69) is 44.1 Å². The summed E-state index contributed by atoms with van der Waals surface area (Å²) in [5.74, 6) is 1.73. The number of aromatic nitrogens is 1. The summed E-state index contributed by atoms with van der Waals surface area (Å²) in [6, 6.07) is 2.41. The molecule has 0 aromatic carbocycles. The molecule has 1 aromatic rings. The Kier molecular flexibility index (Phi) is 3.41. The highest BCUT2D eigenvalue weighted by Crippen LogP contribution is 2.38. The average molecular weight is 236 g/mol. The summed E-state index contributed by atoms with van der Waals surface area (Å²) in [7, 11) is 0. The molecule has 0 atom stereocenters. The number of nitrogens with one attached hydrogen (secondary N) is 1. The number of hydrogen-bond acceptors (Lipinski definition) is 4. The van der Waals surface area contributed by atoms with Gasteiger partial charge in [0.05, 0.1) is 5.69 Å². The van der Waals surface area contributed by atoms with E-state index in [1.54, 1.807) is 0 Å². The van der Waals surface area contributed by atoms with Crippen molar-refractivity contribution in [1.29, 1.82) is 0 Å². The van der Waals surface area contributed by atoms with Crippen LogP contribution in [0.3, 0.4) is 0 Å². The molecule has 0 radical (unpaired) electrons. The van der Waals surface area contributed by atoms with E-state index in [0.717, 1.165) is 17.1 Å². The Bertz CT molecular complexity index is 403. The van der Waals surface area contributed by atoms with Crippen molar-refractivity contribution in [2.45, 2.75) is 39.7 Å². The lowest BCUT2D eigenvalue weighted by Crippen LogP contribution is -2.20. The van der Waals surface area contributed by atoms with Crippen LogP contribution in [0.15, 0.2) is 6.07 Å². The fourth-order valence-corrected chi connectivity index (χ4v) is 1.76. The molecule has 94 valence electrons. The van der Waals surface area contributed by atoms with Crippen LogP contribution in [0.5, 0.6) is 11.6 Å². The molecule has 2 rings (SSSR count). The predicted octanol–water partition coefficient (Wildman–Crippen LogP) is 2.80. The Morgan fingerprint density at radius 1 is 1.18 bits per heavy atom. The van der Waals surface area contributed by atoms with Crippen molar-refractivity contribution in [2.24, 2.45) is 0 Å². The Labute approximate surface area is 102 Å². The molecule has 0 saturated heterocycles. The van der Waals surface area contributed by atoms with E-state index in [1.807, 2.05) is 0 Å². The van der Waals surface area contributed by atoms with Gasteiger partial charge in [0.2, 0.25) is 5.75 Å². The van der Waals surface area contributed by atoms with Crippen molar-refractivity contribution in [2.75, 3.05) is 18.5 Å². The molecular formula is C13H20N2O2. The molecule has 0 saturated carbocycles. The number of nitrogens with zero attached hydrogens (tertiary/aromatic N) is 1. The van der Waals surface area contributed by atoms with Gasteiger partial charge in [-0.25, -0.2) is 4.98 Å². The van der Waals surface area contributed by atoms with E-state index in [-0.39, 0.29) is 0 Å². The maximum Gasteiger partial charge on any atom is 0.259 e. The van der Waals surface area contributed by atoms with Crippen LogP contribution in [0.1, 0.15) is 39.3 Å². The molecule has 4 heteroatoms. The van der Waals surface area contributed by atoms with Crippen LogP contribution in [-0.2, 0) is 0 Å². The molecule has 0 aliphatic carbocycles. The van der Waals surface area contributed by atoms with Gasteiger partial charge in [-0.2, -0.15) is 0 Å². The van der Waals surface area contributed by atoms with Gasteiger partial charge in [0.25, 0.3) is 5.88 Å². The second kappa shape index (κ2) is 4.82. The Morgan fingerprint density at radius 2 is 1.88 bits per heavy atom. The second-order valence-corrected chi connectivity index (χ2v) is 4.88. The fraction of sp³-hybridized carbons (Fsp3) is 0.615. The zero-order chi connectivity index (χ0) is 12.4. The number of ether oxygens (including phenoxy) is 2. The third-order valence-electron chi connectivity index (χ3n) is 2.57. The summed E-state index contributed by atoms with van der Waals surface area (Å²) < 4.78 is 11.2. The van der Waals surface area contributed by atoms with E-state index in [0.29, 0.717) is 31.1 Å². The van der Waals surface area contributed by atoms with Crippen molar-refractivity contribution in [3.63, 3.8) is 0 Å². The van der Waals surface area contributed by atoms with E-state index < -0.39 is 0 Å². The highest BCUT2D eigenvalue weighted by molar-refractivity contribution is 5.62. The van der Waals surface area contributed by atoms with Gasteiger partial charge in [0.15, 0.2) is 0 Å². The molecular weight excluding hydrogens is 216 g/mol. The minimum Gasteiger partial charge on any atom is -0.483 e. The molecule has 0 spiro atoms. The van der Waals surface area contributed by atoms with Crippen molar-refractivity contribution < 1.29 is 9.47 Å². The first kappa shape index (κ1) is 12.0. The summed E-state index contributed by atoms with van der Waals surface area (Å²) in [5.41, 5.74) is 2.01. The van der Waals surface area contributed by atoms with Crippen molar-refractivity contribution in [3.05, 3.63) is 11.8 Å².